The average Bonchev–Trinajstić information content (AvgIpc) is 2.83. The van der Waals surface area contributed by atoms with Gasteiger partial charge in [-0.1, -0.05) is 72.3 Å². The normalized spacial score (nSPS) is 11.8. The van der Waals surface area contributed by atoms with Crippen molar-refractivity contribution in [1.29, 1.82) is 0 Å². The van der Waals surface area contributed by atoms with Crippen LogP contribution in [0.4, 0.5) is 0 Å². The molecule has 1 atom stereocenters. The van der Waals surface area contributed by atoms with Crippen molar-refractivity contribution in [2.45, 2.75) is 50.2 Å². The summed E-state index contributed by atoms with van der Waals surface area (Å²) in [4.78, 5) is 29.7. The van der Waals surface area contributed by atoms with Gasteiger partial charge in [0.15, 0.2) is 0 Å². The highest BCUT2D eigenvalue weighted by molar-refractivity contribution is 7.99. The molecule has 0 saturated carbocycles. The van der Waals surface area contributed by atoms with Gasteiger partial charge in [-0.3, -0.25) is 9.59 Å². The molecular formula is C28H31ClN2O2S. The Morgan fingerprint density at radius 2 is 1.50 bits per heavy atom. The lowest BCUT2D eigenvalue weighted by molar-refractivity contribution is -0.141. The quantitative estimate of drug-likeness (QED) is 0.333. The molecule has 0 aliphatic rings. The van der Waals surface area contributed by atoms with Crippen molar-refractivity contribution in [1.82, 2.24) is 10.2 Å². The monoisotopic (exact) mass is 494 g/mol. The van der Waals surface area contributed by atoms with Gasteiger partial charge in [0, 0.05) is 41.1 Å². The van der Waals surface area contributed by atoms with E-state index in [4.69, 9.17) is 11.6 Å². The number of rotatable bonds is 11. The topological polar surface area (TPSA) is 49.4 Å². The molecule has 3 rings (SSSR count). The van der Waals surface area contributed by atoms with Crippen molar-refractivity contribution in [3.63, 3.8) is 0 Å². The van der Waals surface area contributed by atoms with Crippen LogP contribution in [-0.4, -0.2) is 34.6 Å². The van der Waals surface area contributed by atoms with Crippen molar-refractivity contribution in [2.24, 2.45) is 0 Å². The van der Waals surface area contributed by atoms with Crippen molar-refractivity contribution >= 4 is 35.2 Å². The van der Waals surface area contributed by atoms with E-state index < -0.39 is 6.04 Å². The third-order valence-corrected chi connectivity index (χ3v) is 6.56. The van der Waals surface area contributed by atoms with Crippen LogP contribution < -0.4 is 5.32 Å². The summed E-state index contributed by atoms with van der Waals surface area (Å²) >= 11 is 7.71. The van der Waals surface area contributed by atoms with E-state index in [1.165, 1.54) is 0 Å². The zero-order valence-electron chi connectivity index (χ0n) is 19.6. The Kier molecular flexibility index (Phi) is 10.0. The molecule has 0 unspecified atom stereocenters. The number of carbonyl (C=O) groups excluding carboxylic acids is 2. The van der Waals surface area contributed by atoms with E-state index in [1.54, 1.807) is 16.7 Å². The number of carbonyl (C=O) groups is 2. The first-order chi connectivity index (χ1) is 16.4. The molecule has 6 heteroatoms. The predicted octanol–water partition coefficient (Wildman–Crippen LogP) is 5.99. The first-order valence-corrected chi connectivity index (χ1v) is 12.8. The molecule has 0 radical (unpaired) electrons. The fourth-order valence-corrected chi connectivity index (χ4v) is 4.63. The lowest BCUT2D eigenvalue weighted by atomic mass is 10.0. The molecule has 2 amide bonds. The minimum atomic E-state index is -0.616. The van der Waals surface area contributed by atoms with Gasteiger partial charge in [0.25, 0.3) is 0 Å². The maximum Gasteiger partial charge on any atom is 0.243 e. The maximum absolute atomic E-state index is 13.5. The predicted molar refractivity (Wildman–Crippen MR) is 141 cm³/mol. The highest BCUT2D eigenvalue weighted by atomic mass is 35.5. The van der Waals surface area contributed by atoms with Crippen LogP contribution in [0.2, 0.25) is 5.02 Å². The van der Waals surface area contributed by atoms with E-state index in [-0.39, 0.29) is 17.9 Å². The number of hydrogen-bond acceptors (Lipinski definition) is 3. The SMILES string of the molecule is CC(C)NC(=O)[C@H](Cc1ccccc1)N(Cc1ccc(Cl)cc1)C(=O)CCSc1ccccc1. The summed E-state index contributed by atoms with van der Waals surface area (Å²) in [5.74, 6) is 0.458. The van der Waals surface area contributed by atoms with Gasteiger partial charge in [-0.05, 0) is 49.2 Å². The highest BCUT2D eigenvalue weighted by Crippen LogP contribution is 2.21. The largest absolute Gasteiger partial charge is 0.352 e. The van der Waals surface area contributed by atoms with Gasteiger partial charge in [-0.15, -0.1) is 11.8 Å². The molecule has 0 fully saturated rings. The van der Waals surface area contributed by atoms with Crippen molar-refractivity contribution in [2.75, 3.05) is 5.75 Å². The van der Waals surface area contributed by atoms with E-state index in [9.17, 15) is 9.59 Å². The van der Waals surface area contributed by atoms with Crippen LogP contribution in [-0.2, 0) is 22.6 Å². The number of halogens is 1. The molecule has 1 N–H and O–H groups in total. The molecule has 34 heavy (non-hydrogen) atoms. The summed E-state index contributed by atoms with van der Waals surface area (Å²) in [5.41, 5.74) is 1.95. The second-order valence-electron chi connectivity index (χ2n) is 8.43. The first kappa shape index (κ1) is 25.9. The zero-order valence-corrected chi connectivity index (χ0v) is 21.2. The summed E-state index contributed by atoms with van der Waals surface area (Å²) in [6.07, 6.45) is 0.790. The first-order valence-electron chi connectivity index (χ1n) is 11.5. The minimum absolute atomic E-state index is 0.0214. The molecule has 0 aliphatic carbocycles. The number of nitrogens with zero attached hydrogens (tertiary/aromatic N) is 1. The fraction of sp³-hybridized carbons (Fsp3) is 0.286. The molecule has 4 nitrogen and oxygen atoms in total. The van der Waals surface area contributed by atoms with Gasteiger partial charge in [-0.25, -0.2) is 0 Å². The Hall–Kier alpha value is -2.76. The van der Waals surface area contributed by atoms with Gasteiger partial charge in [0.2, 0.25) is 11.8 Å². The van der Waals surface area contributed by atoms with E-state index in [2.05, 4.69) is 5.32 Å². The Labute approximate surface area is 211 Å². The molecule has 3 aromatic carbocycles. The van der Waals surface area contributed by atoms with Crippen molar-refractivity contribution in [3.8, 4) is 0 Å². The van der Waals surface area contributed by atoms with Gasteiger partial charge in [-0.2, -0.15) is 0 Å². The van der Waals surface area contributed by atoms with E-state index >= 15 is 0 Å². The summed E-state index contributed by atoms with van der Waals surface area (Å²) in [6.45, 7) is 4.20. The summed E-state index contributed by atoms with van der Waals surface area (Å²) < 4.78 is 0. The van der Waals surface area contributed by atoms with Crippen molar-refractivity contribution in [3.05, 3.63) is 101 Å². The average molecular weight is 495 g/mol. The summed E-state index contributed by atoms with van der Waals surface area (Å²) in [5, 5.41) is 3.65. The number of benzene rings is 3. The Balaban J connectivity index is 1.84. The molecule has 0 bridgehead atoms. The molecule has 0 spiro atoms. The van der Waals surface area contributed by atoms with Crippen LogP contribution in [0.1, 0.15) is 31.4 Å². The second kappa shape index (κ2) is 13.2. The fourth-order valence-electron chi connectivity index (χ4n) is 3.64. The van der Waals surface area contributed by atoms with Crippen LogP contribution in [0.3, 0.4) is 0 Å². The number of hydrogen-bond donors (Lipinski definition) is 1. The van der Waals surface area contributed by atoms with Crippen molar-refractivity contribution < 1.29 is 9.59 Å². The van der Waals surface area contributed by atoms with Crippen LogP contribution in [0.25, 0.3) is 0 Å². The van der Waals surface area contributed by atoms with E-state index in [0.717, 1.165) is 16.0 Å². The lowest BCUT2D eigenvalue weighted by Gasteiger charge is -2.32. The van der Waals surface area contributed by atoms with Crippen LogP contribution >= 0.6 is 23.4 Å². The summed E-state index contributed by atoms with van der Waals surface area (Å²) in [7, 11) is 0. The molecule has 178 valence electrons. The number of amides is 2. The molecular weight excluding hydrogens is 464 g/mol. The standard InChI is InChI=1S/C28H31ClN2O2S/c1-21(2)30-28(33)26(19-22-9-5-3-6-10-22)31(20-23-13-15-24(29)16-14-23)27(32)17-18-34-25-11-7-4-8-12-25/h3-16,21,26H,17-20H2,1-2H3,(H,30,33)/t26-/m0/s1. The Bertz CT molecular complexity index is 1040. The van der Waals surface area contributed by atoms with Crippen LogP contribution in [0.15, 0.2) is 89.8 Å². The summed E-state index contributed by atoms with van der Waals surface area (Å²) in [6, 6.07) is 26.7. The molecule has 0 aromatic heterocycles. The van der Waals surface area contributed by atoms with Crippen LogP contribution in [0, 0.1) is 0 Å². The van der Waals surface area contributed by atoms with Gasteiger partial charge in [0.05, 0.1) is 0 Å². The molecule has 0 aliphatic heterocycles. The maximum atomic E-state index is 13.5. The Morgan fingerprint density at radius 3 is 2.12 bits per heavy atom. The van der Waals surface area contributed by atoms with Gasteiger partial charge in [0.1, 0.15) is 6.04 Å². The smallest absolute Gasteiger partial charge is 0.243 e. The molecule has 3 aromatic rings. The lowest BCUT2D eigenvalue weighted by Crippen LogP contribution is -2.51. The third-order valence-electron chi connectivity index (χ3n) is 5.30. The van der Waals surface area contributed by atoms with E-state index in [0.29, 0.717) is 30.2 Å². The molecule has 0 heterocycles. The van der Waals surface area contributed by atoms with E-state index in [1.807, 2.05) is 98.8 Å². The van der Waals surface area contributed by atoms with Gasteiger partial charge >= 0.3 is 0 Å². The van der Waals surface area contributed by atoms with Crippen LogP contribution in [0.5, 0.6) is 0 Å². The third kappa shape index (κ3) is 8.23. The Morgan fingerprint density at radius 1 is 0.882 bits per heavy atom. The minimum Gasteiger partial charge on any atom is -0.352 e. The number of thioether (sulfide) groups is 1. The number of nitrogens with one attached hydrogen (secondary N) is 1. The molecule has 0 saturated heterocycles. The second-order valence-corrected chi connectivity index (χ2v) is 10.0. The van der Waals surface area contributed by atoms with Gasteiger partial charge < -0.3 is 10.2 Å². The zero-order chi connectivity index (χ0) is 24.3. The highest BCUT2D eigenvalue weighted by Gasteiger charge is 2.30.